The molecule has 3 aromatic rings. The van der Waals surface area contributed by atoms with Crippen LogP contribution in [-0.2, 0) is 9.53 Å². The Bertz CT molecular complexity index is 920. The summed E-state index contributed by atoms with van der Waals surface area (Å²) in [6.45, 7) is 3.42. The molecule has 1 amide bonds. The monoisotopic (exact) mass is 398 g/mol. The number of rotatable bonds is 6. The van der Waals surface area contributed by atoms with Crippen LogP contribution in [0.25, 0.3) is 10.2 Å². The molecular formula is C21H22N2O2S2. The maximum absolute atomic E-state index is 13.1. The first-order valence-electron chi connectivity index (χ1n) is 9.16. The Morgan fingerprint density at radius 2 is 2.11 bits per heavy atom. The highest BCUT2D eigenvalue weighted by atomic mass is 32.2. The molecule has 0 radical (unpaired) electrons. The van der Waals surface area contributed by atoms with E-state index in [-0.39, 0.29) is 12.0 Å². The first kappa shape index (κ1) is 18.5. The number of hydrogen-bond acceptors (Lipinski definition) is 5. The number of aryl methyl sites for hydroxylation is 1. The molecule has 2 aromatic carbocycles. The minimum Gasteiger partial charge on any atom is -0.376 e. The Morgan fingerprint density at radius 1 is 1.26 bits per heavy atom. The molecule has 27 heavy (non-hydrogen) atoms. The fourth-order valence-electron chi connectivity index (χ4n) is 3.21. The van der Waals surface area contributed by atoms with Gasteiger partial charge in [0.2, 0.25) is 5.91 Å². The van der Waals surface area contributed by atoms with E-state index in [2.05, 4.69) is 19.1 Å². The van der Waals surface area contributed by atoms with Gasteiger partial charge >= 0.3 is 0 Å². The molecule has 1 aromatic heterocycles. The fraction of sp³-hybridized carbons (Fsp3) is 0.333. The Balaban J connectivity index is 1.57. The third-order valence-corrected chi connectivity index (χ3v) is 6.70. The molecule has 1 fully saturated rings. The average Bonchev–Trinajstić information content (AvgIpc) is 3.35. The van der Waals surface area contributed by atoms with Crippen LogP contribution in [0.15, 0.2) is 53.4 Å². The van der Waals surface area contributed by atoms with Crippen LogP contribution in [0.3, 0.4) is 0 Å². The van der Waals surface area contributed by atoms with E-state index in [0.717, 1.165) is 45.3 Å². The van der Waals surface area contributed by atoms with Crippen molar-refractivity contribution in [1.82, 2.24) is 4.98 Å². The molecule has 1 saturated heterocycles. The zero-order valence-electron chi connectivity index (χ0n) is 15.3. The molecular weight excluding hydrogens is 376 g/mol. The number of benzene rings is 2. The van der Waals surface area contributed by atoms with Gasteiger partial charge in [-0.25, -0.2) is 4.98 Å². The number of amides is 1. The molecule has 0 spiro atoms. The van der Waals surface area contributed by atoms with Crippen LogP contribution in [0, 0.1) is 6.92 Å². The number of carbonyl (C=O) groups excluding carboxylic acids is 1. The number of thiazole rings is 1. The van der Waals surface area contributed by atoms with Crippen molar-refractivity contribution in [1.29, 1.82) is 0 Å². The number of para-hydroxylation sites is 1. The zero-order chi connectivity index (χ0) is 18.6. The highest BCUT2D eigenvalue weighted by Crippen LogP contribution is 2.32. The van der Waals surface area contributed by atoms with E-state index in [1.54, 1.807) is 23.1 Å². The number of fused-ring (bicyclic) bond motifs is 1. The van der Waals surface area contributed by atoms with E-state index >= 15 is 0 Å². The summed E-state index contributed by atoms with van der Waals surface area (Å²) >= 11 is 3.15. The molecule has 0 bridgehead atoms. The summed E-state index contributed by atoms with van der Waals surface area (Å²) in [7, 11) is 0. The van der Waals surface area contributed by atoms with Gasteiger partial charge in [-0.2, -0.15) is 0 Å². The summed E-state index contributed by atoms with van der Waals surface area (Å²) in [5.41, 5.74) is 2.12. The quantitative estimate of drug-likeness (QED) is 0.553. The van der Waals surface area contributed by atoms with Crippen molar-refractivity contribution in [3.8, 4) is 0 Å². The van der Waals surface area contributed by atoms with Gasteiger partial charge in [-0.3, -0.25) is 9.69 Å². The second-order valence-electron chi connectivity index (χ2n) is 6.66. The minimum atomic E-state index is 0.0797. The summed E-state index contributed by atoms with van der Waals surface area (Å²) in [5.74, 6) is 0.474. The summed E-state index contributed by atoms with van der Waals surface area (Å²) in [5, 5.41) is 0.772. The van der Waals surface area contributed by atoms with Crippen molar-refractivity contribution >= 4 is 44.4 Å². The molecule has 0 N–H and O–H groups in total. The predicted molar refractivity (Wildman–Crippen MR) is 113 cm³/mol. The third kappa shape index (κ3) is 4.34. The molecule has 1 aliphatic rings. The lowest BCUT2D eigenvalue weighted by Gasteiger charge is -2.23. The SMILES string of the molecule is Cc1cccc2sc(N(CC3CCCO3)C(=O)CSc3ccccc3)nc12. The smallest absolute Gasteiger partial charge is 0.239 e. The van der Waals surface area contributed by atoms with Gasteiger partial charge in [0.15, 0.2) is 5.13 Å². The average molecular weight is 399 g/mol. The maximum Gasteiger partial charge on any atom is 0.239 e. The van der Waals surface area contributed by atoms with Crippen LogP contribution >= 0.6 is 23.1 Å². The van der Waals surface area contributed by atoms with Crippen molar-refractivity contribution < 1.29 is 9.53 Å². The number of carbonyl (C=O) groups is 1. The van der Waals surface area contributed by atoms with E-state index < -0.39 is 0 Å². The summed E-state index contributed by atoms with van der Waals surface area (Å²) in [4.78, 5) is 20.8. The lowest BCUT2D eigenvalue weighted by atomic mass is 10.2. The first-order chi connectivity index (χ1) is 13.2. The second-order valence-corrected chi connectivity index (χ2v) is 8.72. The number of hydrogen-bond donors (Lipinski definition) is 0. The highest BCUT2D eigenvalue weighted by molar-refractivity contribution is 8.00. The topological polar surface area (TPSA) is 42.4 Å². The molecule has 6 heteroatoms. The van der Waals surface area contributed by atoms with Gasteiger partial charge in [0.1, 0.15) is 0 Å². The Kier molecular flexibility index (Phi) is 5.76. The Labute approximate surface area is 167 Å². The Hall–Kier alpha value is -1.89. The lowest BCUT2D eigenvalue weighted by Crippen LogP contribution is -2.38. The van der Waals surface area contributed by atoms with Crippen molar-refractivity contribution in [2.45, 2.75) is 30.8 Å². The second kappa shape index (κ2) is 8.42. The van der Waals surface area contributed by atoms with E-state index in [1.165, 1.54) is 0 Å². The van der Waals surface area contributed by atoms with Crippen molar-refractivity contribution in [3.63, 3.8) is 0 Å². The molecule has 140 valence electrons. The largest absolute Gasteiger partial charge is 0.376 e. The normalized spacial score (nSPS) is 16.7. The van der Waals surface area contributed by atoms with Gasteiger partial charge < -0.3 is 4.74 Å². The van der Waals surface area contributed by atoms with Crippen LogP contribution in [0.2, 0.25) is 0 Å². The summed E-state index contributed by atoms with van der Waals surface area (Å²) in [6.07, 6.45) is 2.16. The van der Waals surface area contributed by atoms with Crippen LogP contribution in [0.4, 0.5) is 5.13 Å². The van der Waals surface area contributed by atoms with Crippen LogP contribution in [-0.4, -0.2) is 35.9 Å². The van der Waals surface area contributed by atoms with Gasteiger partial charge in [-0.15, -0.1) is 11.8 Å². The number of nitrogens with zero attached hydrogens (tertiary/aromatic N) is 2. The molecule has 2 heterocycles. The predicted octanol–water partition coefficient (Wildman–Crippen LogP) is 4.91. The number of anilines is 1. The number of ether oxygens (including phenoxy) is 1. The van der Waals surface area contributed by atoms with Gasteiger partial charge in [-0.05, 0) is 43.5 Å². The van der Waals surface area contributed by atoms with E-state index in [1.807, 2.05) is 41.3 Å². The third-order valence-electron chi connectivity index (χ3n) is 4.66. The summed E-state index contributed by atoms with van der Waals surface area (Å²) in [6, 6.07) is 16.2. The maximum atomic E-state index is 13.1. The van der Waals surface area contributed by atoms with E-state index in [0.29, 0.717) is 12.3 Å². The molecule has 0 saturated carbocycles. The van der Waals surface area contributed by atoms with Gasteiger partial charge in [-0.1, -0.05) is 41.7 Å². The zero-order valence-corrected chi connectivity index (χ0v) is 16.9. The number of thioether (sulfide) groups is 1. The van der Waals surface area contributed by atoms with E-state index in [9.17, 15) is 4.79 Å². The van der Waals surface area contributed by atoms with Gasteiger partial charge in [0.05, 0.1) is 28.6 Å². The first-order valence-corrected chi connectivity index (χ1v) is 11.0. The fourth-order valence-corrected chi connectivity index (χ4v) is 5.07. The molecule has 1 aliphatic heterocycles. The van der Waals surface area contributed by atoms with Crippen molar-refractivity contribution in [2.24, 2.45) is 0 Å². The van der Waals surface area contributed by atoms with Crippen molar-refractivity contribution in [2.75, 3.05) is 23.8 Å². The van der Waals surface area contributed by atoms with Crippen LogP contribution in [0.1, 0.15) is 18.4 Å². The van der Waals surface area contributed by atoms with Crippen LogP contribution < -0.4 is 4.90 Å². The molecule has 4 rings (SSSR count). The van der Waals surface area contributed by atoms with Crippen molar-refractivity contribution in [3.05, 3.63) is 54.1 Å². The minimum absolute atomic E-state index is 0.0797. The molecule has 1 unspecified atom stereocenters. The standard InChI is InChI=1S/C21H22N2O2S2/c1-15-7-5-11-18-20(15)22-21(27-18)23(13-16-8-6-12-25-16)19(24)14-26-17-9-3-2-4-10-17/h2-5,7,9-11,16H,6,8,12-14H2,1H3. The van der Waals surface area contributed by atoms with E-state index in [4.69, 9.17) is 9.72 Å². The molecule has 1 atom stereocenters. The van der Waals surface area contributed by atoms with Crippen LogP contribution in [0.5, 0.6) is 0 Å². The van der Waals surface area contributed by atoms with Gasteiger partial charge in [0, 0.05) is 11.5 Å². The molecule has 4 nitrogen and oxygen atoms in total. The number of aromatic nitrogens is 1. The highest BCUT2D eigenvalue weighted by Gasteiger charge is 2.26. The summed E-state index contributed by atoms with van der Waals surface area (Å²) < 4.78 is 6.91. The lowest BCUT2D eigenvalue weighted by molar-refractivity contribution is -0.116. The molecule has 0 aliphatic carbocycles. The Morgan fingerprint density at radius 3 is 2.85 bits per heavy atom. The van der Waals surface area contributed by atoms with Gasteiger partial charge in [0.25, 0.3) is 0 Å².